The normalized spacial score (nSPS) is 20.0. The molecule has 1 rings (SSSR count). The molecule has 0 aromatic carbocycles. The molecule has 1 aliphatic carbocycles. The van der Waals surface area contributed by atoms with Crippen LogP contribution in [0.1, 0.15) is 52.4 Å². The zero-order chi connectivity index (χ0) is 12.7. The molecule has 98 valence electrons. The third-order valence-electron chi connectivity index (χ3n) is 3.29. The van der Waals surface area contributed by atoms with E-state index in [1.165, 1.54) is 19.3 Å². The summed E-state index contributed by atoms with van der Waals surface area (Å²) in [5.74, 6) is 1.04. The SMILES string of the molecule is CCCNC(=O)C(C)N=C(N)C1CCCCC1. The minimum atomic E-state index is -0.358. The lowest BCUT2D eigenvalue weighted by Gasteiger charge is -2.21. The van der Waals surface area contributed by atoms with Crippen molar-refractivity contribution in [2.75, 3.05) is 6.54 Å². The molecule has 0 heterocycles. The average Bonchev–Trinajstić information content (AvgIpc) is 2.36. The predicted molar refractivity (Wildman–Crippen MR) is 71.0 cm³/mol. The fourth-order valence-electron chi connectivity index (χ4n) is 2.18. The molecule has 4 heteroatoms. The highest BCUT2D eigenvalue weighted by Crippen LogP contribution is 2.23. The number of nitrogens with two attached hydrogens (primary N) is 1. The molecular formula is C13H25N3O. The van der Waals surface area contributed by atoms with Gasteiger partial charge in [0.1, 0.15) is 6.04 Å². The van der Waals surface area contributed by atoms with Gasteiger partial charge in [-0.2, -0.15) is 0 Å². The molecule has 1 fully saturated rings. The van der Waals surface area contributed by atoms with Crippen molar-refractivity contribution >= 4 is 11.7 Å². The van der Waals surface area contributed by atoms with Crippen molar-refractivity contribution in [1.82, 2.24) is 5.32 Å². The van der Waals surface area contributed by atoms with Gasteiger partial charge in [0.15, 0.2) is 0 Å². The summed E-state index contributed by atoms with van der Waals surface area (Å²) >= 11 is 0. The number of nitrogens with zero attached hydrogens (tertiary/aromatic N) is 1. The molecule has 0 radical (unpaired) electrons. The molecular weight excluding hydrogens is 214 g/mol. The first-order valence-corrected chi connectivity index (χ1v) is 6.76. The van der Waals surface area contributed by atoms with E-state index < -0.39 is 0 Å². The van der Waals surface area contributed by atoms with Gasteiger partial charge >= 0.3 is 0 Å². The maximum Gasteiger partial charge on any atom is 0.244 e. The highest BCUT2D eigenvalue weighted by atomic mass is 16.2. The fourth-order valence-corrected chi connectivity index (χ4v) is 2.18. The summed E-state index contributed by atoms with van der Waals surface area (Å²) in [6.07, 6.45) is 6.96. The van der Waals surface area contributed by atoms with Crippen LogP contribution in [0, 0.1) is 5.92 Å². The van der Waals surface area contributed by atoms with E-state index >= 15 is 0 Å². The van der Waals surface area contributed by atoms with Crippen LogP contribution in [0.5, 0.6) is 0 Å². The summed E-state index contributed by atoms with van der Waals surface area (Å²) in [6.45, 7) is 4.55. The molecule has 1 aliphatic rings. The van der Waals surface area contributed by atoms with Crippen molar-refractivity contribution in [1.29, 1.82) is 0 Å². The van der Waals surface area contributed by atoms with E-state index in [-0.39, 0.29) is 11.9 Å². The van der Waals surface area contributed by atoms with Crippen molar-refractivity contribution in [2.24, 2.45) is 16.6 Å². The Morgan fingerprint density at radius 2 is 2.06 bits per heavy atom. The van der Waals surface area contributed by atoms with Crippen molar-refractivity contribution in [2.45, 2.75) is 58.4 Å². The summed E-state index contributed by atoms with van der Waals surface area (Å²) in [6, 6.07) is -0.358. The summed E-state index contributed by atoms with van der Waals surface area (Å²) < 4.78 is 0. The number of amidine groups is 1. The van der Waals surface area contributed by atoms with Gasteiger partial charge in [0.2, 0.25) is 5.91 Å². The van der Waals surface area contributed by atoms with Crippen LogP contribution >= 0.6 is 0 Å². The van der Waals surface area contributed by atoms with Crippen LogP contribution in [0.15, 0.2) is 4.99 Å². The van der Waals surface area contributed by atoms with Crippen LogP contribution < -0.4 is 11.1 Å². The number of amides is 1. The quantitative estimate of drug-likeness (QED) is 0.568. The van der Waals surface area contributed by atoms with Crippen molar-refractivity contribution in [3.05, 3.63) is 0 Å². The predicted octanol–water partition coefficient (Wildman–Crippen LogP) is 1.84. The number of hydrogen-bond acceptors (Lipinski definition) is 2. The maximum atomic E-state index is 11.6. The molecule has 17 heavy (non-hydrogen) atoms. The van der Waals surface area contributed by atoms with Crippen LogP contribution in [-0.2, 0) is 4.79 Å². The van der Waals surface area contributed by atoms with Gasteiger partial charge in [0, 0.05) is 12.5 Å². The first-order chi connectivity index (χ1) is 8.15. The van der Waals surface area contributed by atoms with Gasteiger partial charge in [0.05, 0.1) is 5.84 Å². The van der Waals surface area contributed by atoms with E-state index in [4.69, 9.17) is 5.73 Å². The van der Waals surface area contributed by atoms with Gasteiger partial charge in [-0.3, -0.25) is 9.79 Å². The number of nitrogens with one attached hydrogen (secondary N) is 1. The van der Waals surface area contributed by atoms with Crippen LogP contribution in [0.2, 0.25) is 0 Å². The highest BCUT2D eigenvalue weighted by molar-refractivity contribution is 5.88. The van der Waals surface area contributed by atoms with E-state index in [0.29, 0.717) is 18.3 Å². The van der Waals surface area contributed by atoms with Gasteiger partial charge in [-0.1, -0.05) is 26.2 Å². The molecule has 1 atom stereocenters. The first kappa shape index (κ1) is 14.0. The number of carbonyl (C=O) groups is 1. The number of hydrogen-bond donors (Lipinski definition) is 2. The second-order valence-corrected chi connectivity index (χ2v) is 4.86. The zero-order valence-corrected chi connectivity index (χ0v) is 11.0. The third-order valence-corrected chi connectivity index (χ3v) is 3.29. The Hall–Kier alpha value is -1.06. The Labute approximate surface area is 104 Å². The van der Waals surface area contributed by atoms with Gasteiger partial charge in [-0.25, -0.2) is 0 Å². The third kappa shape index (κ3) is 4.75. The van der Waals surface area contributed by atoms with Gasteiger partial charge < -0.3 is 11.1 Å². The minimum absolute atomic E-state index is 0.0226. The number of rotatable bonds is 5. The van der Waals surface area contributed by atoms with Crippen LogP contribution in [0.25, 0.3) is 0 Å². The molecule has 1 saturated carbocycles. The first-order valence-electron chi connectivity index (χ1n) is 6.76. The molecule has 0 aromatic heterocycles. The maximum absolute atomic E-state index is 11.6. The molecule has 0 spiro atoms. The van der Waals surface area contributed by atoms with E-state index in [2.05, 4.69) is 10.3 Å². The molecule has 0 aliphatic heterocycles. The summed E-state index contributed by atoms with van der Waals surface area (Å²) in [7, 11) is 0. The summed E-state index contributed by atoms with van der Waals surface area (Å²) in [4.78, 5) is 16.0. The largest absolute Gasteiger partial charge is 0.387 e. The van der Waals surface area contributed by atoms with E-state index in [9.17, 15) is 4.79 Å². The Kier molecular flexibility index (Phi) is 6.01. The smallest absolute Gasteiger partial charge is 0.244 e. The van der Waals surface area contributed by atoms with Crippen molar-refractivity contribution in [3.63, 3.8) is 0 Å². The van der Waals surface area contributed by atoms with Gasteiger partial charge in [-0.15, -0.1) is 0 Å². The van der Waals surface area contributed by atoms with Gasteiger partial charge in [-0.05, 0) is 26.2 Å². The van der Waals surface area contributed by atoms with Crippen molar-refractivity contribution < 1.29 is 4.79 Å². The second-order valence-electron chi connectivity index (χ2n) is 4.86. The molecule has 3 N–H and O–H groups in total. The molecule has 0 bridgehead atoms. The Morgan fingerprint density at radius 1 is 1.41 bits per heavy atom. The topological polar surface area (TPSA) is 67.5 Å². The molecule has 4 nitrogen and oxygen atoms in total. The van der Waals surface area contributed by atoms with Crippen molar-refractivity contribution in [3.8, 4) is 0 Å². The van der Waals surface area contributed by atoms with E-state index in [1.54, 1.807) is 6.92 Å². The Balaban J connectivity index is 2.45. The fraction of sp³-hybridized carbons (Fsp3) is 0.846. The Morgan fingerprint density at radius 3 is 2.65 bits per heavy atom. The number of carbonyl (C=O) groups excluding carboxylic acids is 1. The number of aliphatic imine (C=N–C) groups is 1. The highest BCUT2D eigenvalue weighted by Gasteiger charge is 2.19. The van der Waals surface area contributed by atoms with E-state index in [0.717, 1.165) is 19.3 Å². The lowest BCUT2D eigenvalue weighted by molar-refractivity contribution is -0.121. The molecule has 1 unspecified atom stereocenters. The van der Waals surface area contributed by atoms with Crippen LogP contribution in [0.3, 0.4) is 0 Å². The van der Waals surface area contributed by atoms with E-state index in [1.807, 2.05) is 6.92 Å². The second kappa shape index (κ2) is 7.30. The lowest BCUT2D eigenvalue weighted by Crippen LogP contribution is -2.35. The van der Waals surface area contributed by atoms with Crippen LogP contribution in [0.4, 0.5) is 0 Å². The molecule has 1 amide bonds. The summed E-state index contributed by atoms with van der Waals surface area (Å²) in [5.41, 5.74) is 5.99. The van der Waals surface area contributed by atoms with Crippen LogP contribution in [-0.4, -0.2) is 24.3 Å². The average molecular weight is 239 g/mol. The Bertz CT molecular complexity index is 270. The molecule has 0 aromatic rings. The van der Waals surface area contributed by atoms with Gasteiger partial charge in [0.25, 0.3) is 0 Å². The minimum Gasteiger partial charge on any atom is -0.387 e. The lowest BCUT2D eigenvalue weighted by atomic mass is 9.88. The summed E-state index contributed by atoms with van der Waals surface area (Å²) in [5, 5.41) is 2.84. The zero-order valence-electron chi connectivity index (χ0n) is 11.0. The standard InChI is InChI=1S/C13H25N3O/c1-3-9-15-13(17)10(2)16-12(14)11-7-5-4-6-8-11/h10-11H,3-9H2,1-2H3,(H2,14,16)(H,15,17). The monoisotopic (exact) mass is 239 g/mol. The molecule has 0 saturated heterocycles.